The summed E-state index contributed by atoms with van der Waals surface area (Å²) in [5.74, 6) is 0. The molecule has 2 aromatic rings. The molecule has 3 nitrogen and oxygen atoms in total. The smallest absolute Gasteiger partial charge is 0.173 e. The minimum Gasteiger partial charge on any atom is -0.346 e. The number of hydrogen-bond donors (Lipinski definition) is 1. The molecule has 1 aliphatic rings. The Kier molecular flexibility index (Phi) is 4.90. The van der Waals surface area contributed by atoms with Crippen molar-refractivity contribution in [3.05, 3.63) is 42.5 Å². The topological polar surface area (TPSA) is 18.5 Å². The summed E-state index contributed by atoms with van der Waals surface area (Å²) < 4.78 is 0. The van der Waals surface area contributed by atoms with Crippen molar-refractivity contribution in [3.8, 4) is 0 Å². The van der Waals surface area contributed by atoms with E-state index in [1.807, 2.05) is 0 Å². The van der Waals surface area contributed by atoms with E-state index in [1.54, 1.807) is 0 Å². The van der Waals surface area contributed by atoms with Crippen LogP contribution in [0, 0.1) is 0 Å². The summed E-state index contributed by atoms with van der Waals surface area (Å²) >= 11 is 5.62. The van der Waals surface area contributed by atoms with Crippen LogP contribution in [0.3, 0.4) is 0 Å². The highest BCUT2D eigenvalue weighted by molar-refractivity contribution is 7.80. The van der Waals surface area contributed by atoms with Gasteiger partial charge in [-0.25, -0.2) is 0 Å². The van der Waals surface area contributed by atoms with Gasteiger partial charge >= 0.3 is 0 Å². The molecule has 1 aliphatic heterocycles. The van der Waals surface area contributed by atoms with Gasteiger partial charge in [-0.3, -0.25) is 4.90 Å². The van der Waals surface area contributed by atoms with Crippen LogP contribution in [0.25, 0.3) is 10.8 Å². The molecule has 1 saturated heterocycles. The molecule has 2 aromatic carbocycles. The molecule has 0 atom stereocenters. The second-order valence-electron chi connectivity index (χ2n) is 5.79. The maximum absolute atomic E-state index is 5.62. The Hall–Kier alpha value is -1.65. The molecule has 0 radical (unpaired) electrons. The van der Waals surface area contributed by atoms with E-state index in [0.717, 1.165) is 37.0 Å². The second kappa shape index (κ2) is 7.07. The number of rotatable bonds is 3. The van der Waals surface area contributed by atoms with E-state index in [4.69, 9.17) is 12.2 Å². The highest BCUT2D eigenvalue weighted by Crippen LogP contribution is 2.23. The van der Waals surface area contributed by atoms with E-state index in [0.29, 0.717) is 0 Å². The van der Waals surface area contributed by atoms with Crippen LogP contribution in [0.1, 0.15) is 13.3 Å². The Morgan fingerprint density at radius 2 is 1.77 bits per heavy atom. The molecule has 1 heterocycles. The number of anilines is 1. The van der Waals surface area contributed by atoms with E-state index in [2.05, 4.69) is 64.5 Å². The predicted octanol–water partition coefficient (Wildman–Crippen LogP) is 3.56. The first kappa shape index (κ1) is 15.3. The summed E-state index contributed by atoms with van der Waals surface area (Å²) in [6.45, 7) is 7.65. The lowest BCUT2D eigenvalue weighted by Crippen LogP contribution is -2.50. The van der Waals surface area contributed by atoms with Crippen LogP contribution in [0.2, 0.25) is 0 Å². The molecule has 1 N–H and O–H groups in total. The first-order valence-corrected chi connectivity index (χ1v) is 8.45. The zero-order valence-electron chi connectivity index (χ0n) is 13.1. The summed E-state index contributed by atoms with van der Waals surface area (Å²) in [7, 11) is 0. The highest BCUT2D eigenvalue weighted by atomic mass is 32.1. The van der Waals surface area contributed by atoms with Gasteiger partial charge < -0.3 is 10.2 Å². The van der Waals surface area contributed by atoms with E-state index in [1.165, 1.54) is 23.7 Å². The Bertz CT molecular complexity index is 642. The highest BCUT2D eigenvalue weighted by Gasteiger charge is 2.18. The van der Waals surface area contributed by atoms with Crippen molar-refractivity contribution in [2.75, 3.05) is 38.0 Å². The van der Waals surface area contributed by atoms with E-state index >= 15 is 0 Å². The summed E-state index contributed by atoms with van der Waals surface area (Å²) in [5.41, 5.74) is 1.10. The van der Waals surface area contributed by atoms with Crippen LogP contribution >= 0.6 is 12.2 Å². The third-order valence-corrected chi connectivity index (χ3v) is 4.59. The first-order valence-electron chi connectivity index (χ1n) is 8.04. The van der Waals surface area contributed by atoms with Gasteiger partial charge in [-0.15, -0.1) is 0 Å². The molecule has 1 fully saturated rings. The molecule has 0 aromatic heterocycles. The minimum atomic E-state index is 0.840. The zero-order chi connectivity index (χ0) is 15.4. The first-order chi connectivity index (χ1) is 10.8. The minimum absolute atomic E-state index is 0.840. The number of thiocarbonyl (C=S) groups is 1. The van der Waals surface area contributed by atoms with Crippen LogP contribution in [0.15, 0.2) is 42.5 Å². The van der Waals surface area contributed by atoms with Crippen LogP contribution in [-0.4, -0.2) is 47.6 Å². The summed E-state index contributed by atoms with van der Waals surface area (Å²) in [4.78, 5) is 4.79. The van der Waals surface area contributed by atoms with Crippen molar-refractivity contribution >= 4 is 33.8 Å². The standard InChI is InChI=1S/C18H23N3S/c1-2-10-20-11-13-21(14-12-20)18(22)19-17-9-5-7-15-6-3-4-8-16(15)17/h3-9H,2,10-14H2,1H3,(H,19,22). The van der Waals surface area contributed by atoms with Crippen molar-refractivity contribution in [2.45, 2.75) is 13.3 Å². The molecule has 3 rings (SSSR count). The van der Waals surface area contributed by atoms with Gasteiger partial charge in [-0.05, 0) is 36.6 Å². The lowest BCUT2D eigenvalue weighted by atomic mass is 10.1. The molecule has 4 heteroatoms. The fourth-order valence-electron chi connectivity index (χ4n) is 3.02. The van der Waals surface area contributed by atoms with E-state index in [9.17, 15) is 0 Å². The summed E-state index contributed by atoms with van der Waals surface area (Å²) in [6.07, 6.45) is 1.22. The van der Waals surface area contributed by atoms with Crippen LogP contribution in [0.4, 0.5) is 5.69 Å². The normalized spacial score (nSPS) is 16.0. The zero-order valence-corrected chi connectivity index (χ0v) is 13.9. The van der Waals surface area contributed by atoms with E-state index < -0.39 is 0 Å². The molecule has 0 spiro atoms. The van der Waals surface area contributed by atoms with Crippen molar-refractivity contribution in [1.82, 2.24) is 9.80 Å². The van der Waals surface area contributed by atoms with Crippen LogP contribution < -0.4 is 5.32 Å². The molecule has 22 heavy (non-hydrogen) atoms. The van der Waals surface area contributed by atoms with Crippen molar-refractivity contribution in [3.63, 3.8) is 0 Å². The Morgan fingerprint density at radius 1 is 1.05 bits per heavy atom. The van der Waals surface area contributed by atoms with Gasteiger partial charge in [-0.1, -0.05) is 43.3 Å². The molecule has 0 amide bonds. The largest absolute Gasteiger partial charge is 0.346 e. The van der Waals surface area contributed by atoms with Crippen LogP contribution in [-0.2, 0) is 0 Å². The predicted molar refractivity (Wildman–Crippen MR) is 98.5 cm³/mol. The monoisotopic (exact) mass is 313 g/mol. The van der Waals surface area contributed by atoms with Gasteiger partial charge in [0.15, 0.2) is 5.11 Å². The quantitative estimate of drug-likeness (QED) is 0.873. The number of benzene rings is 2. The van der Waals surface area contributed by atoms with Gasteiger partial charge in [0, 0.05) is 37.3 Å². The fraction of sp³-hybridized carbons (Fsp3) is 0.389. The molecule has 0 unspecified atom stereocenters. The molecular weight excluding hydrogens is 290 g/mol. The lowest BCUT2D eigenvalue weighted by molar-refractivity contribution is 0.184. The molecule has 0 bridgehead atoms. The van der Waals surface area contributed by atoms with Gasteiger partial charge in [0.05, 0.1) is 0 Å². The van der Waals surface area contributed by atoms with Gasteiger partial charge in [-0.2, -0.15) is 0 Å². The third-order valence-electron chi connectivity index (χ3n) is 4.23. The summed E-state index contributed by atoms with van der Waals surface area (Å²) in [6, 6.07) is 14.7. The number of nitrogens with zero attached hydrogens (tertiary/aromatic N) is 2. The van der Waals surface area contributed by atoms with Crippen molar-refractivity contribution < 1.29 is 0 Å². The Balaban J connectivity index is 1.67. The van der Waals surface area contributed by atoms with Gasteiger partial charge in [0.2, 0.25) is 0 Å². The average Bonchev–Trinajstić information content (AvgIpc) is 2.56. The van der Waals surface area contributed by atoms with E-state index in [-0.39, 0.29) is 0 Å². The molecule has 0 saturated carbocycles. The number of nitrogens with one attached hydrogen (secondary N) is 1. The number of hydrogen-bond acceptors (Lipinski definition) is 2. The maximum atomic E-state index is 5.62. The molecular formula is C18H23N3S. The second-order valence-corrected chi connectivity index (χ2v) is 6.17. The molecule has 116 valence electrons. The van der Waals surface area contributed by atoms with Crippen molar-refractivity contribution in [2.24, 2.45) is 0 Å². The maximum Gasteiger partial charge on any atom is 0.173 e. The number of piperazine rings is 1. The SMILES string of the molecule is CCCN1CCN(C(=S)Nc2cccc3ccccc23)CC1. The summed E-state index contributed by atoms with van der Waals surface area (Å²) in [5, 5.41) is 6.74. The van der Waals surface area contributed by atoms with Gasteiger partial charge in [0.1, 0.15) is 0 Å². The van der Waals surface area contributed by atoms with Crippen molar-refractivity contribution in [1.29, 1.82) is 0 Å². The fourth-order valence-corrected chi connectivity index (χ4v) is 3.31. The number of fused-ring (bicyclic) bond motifs is 1. The average molecular weight is 313 g/mol. The lowest BCUT2D eigenvalue weighted by Gasteiger charge is -2.36. The van der Waals surface area contributed by atoms with Gasteiger partial charge in [0.25, 0.3) is 0 Å². The third kappa shape index (κ3) is 3.39. The Morgan fingerprint density at radius 3 is 2.55 bits per heavy atom. The Labute approximate surface area is 137 Å². The van der Waals surface area contributed by atoms with Crippen LogP contribution in [0.5, 0.6) is 0 Å². The molecule has 0 aliphatic carbocycles.